The lowest BCUT2D eigenvalue weighted by Gasteiger charge is -2.11. The summed E-state index contributed by atoms with van der Waals surface area (Å²) in [4.78, 5) is 16.3. The summed E-state index contributed by atoms with van der Waals surface area (Å²) in [6.07, 6.45) is 3.22. The van der Waals surface area contributed by atoms with E-state index in [4.69, 9.17) is 10.2 Å². The van der Waals surface area contributed by atoms with Gasteiger partial charge in [0.2, 0.25) is 0 Å². The number of rotatable bonds is 3. The number of nitrogens with two attached hydrogens (primary N) is 1. The van der Waals surface area contributed by atoms with Crippen molar-refractivity contribution in [3.8, 4) is 40.5 Å². The molecule has 0 unspecified atom stereocenters. The average molecular weight is 330 g/mol. The molecule has 122 valence electrons. The van der Waals surface area contributed by atoms with E-state index in [2.05, 4.69) is 16.8 Å². The monoisotopic (exact) mass is 330 g/mol. The lowest BCUT2D eigenvalue weighted by atomic mass is 10.0. The summed E-state index contributed by atoms with van der Waals surface area (Å²) in [6.45, 7) is 2.00. The third-order valence-electron chi connectivity index (χ3n) is 3.65. The van der Waals surface area contributed by atoms with Crippen LogP contribution >= 0.6 is 0 Å². The van der Waals surface area contributed by atoms with Crippen LogP contribution in [0.25, 0.3) is 22.6 Å². The first-order valence-corrected chi connectivity index (χ1v) is 7.49. The Morgan fingerprint density at radius 3 is 2.88 bits per heavy atom. The summed E-state index contributed by atoms with van der Waals surface area (Å²) in [6, 6.07) is 10.3. The van der Waals surface area contributed by atoms with Crippen molar-refractivity contribution in [2.45, 2.75) is 13.5 Å². The molecule has 2 N–H and O–H groups in total. The fourth-order valence-electron chi connectivity index (χ4n) is 2.42. The molecule has 0 aliphatic heterocycles. The number of nitriles is 1. The molecule has 0 saturated carbocycles. The second kappa shape index (κ2) is 6.77. The van der Waals surface area contributed by atoms with Crippen LogP contribution in [0.1, 0.15) is 12.5 Å². The quantitative estimate of drug-likeness (QED) is 0.744. The Hall–Kier alpha value is -3.77. The lowest BCUT2D eigenvalue weighted by Crippen LogP contribution is -2.17. The summed E-state index contributed by atoms with van der Waals surface area (Å²) in [5.74, 6) is 6.28. The largest absolute Gasteiger partial charge is 0.463 e. The Morgan fingerprint density at radius 2 is 2.20 bits per heavy atom. The summed E-state index contributed by atoms with van der Waals surface area (Å²) in [5, 5.41) is 9.26. The summed E-state index contributed by atoms with van der Waals surface area (Å²) < 4.78 is 6.94. The number of pyridine rings is 2. The van der Waals surface area contributed by atoms with E-state index in [-0.39, 0.29) is 23.5 Å². The lowest BCUT2D eigenvalue weighted by molar-refractivity contribution is 0.580. The molecule has 6 heteroatoms. The predicted molar refractivity (Wildman–Crippen MR) is 94.2 cm³/mol. The second-order valence-corrected chi connectivity index (χ2v) is 5.22. The topological polar surface area (TPSA) is 97.8 Å². The van der Waals surface area contributed by atoms with E-state index in [9.17, 15) is 10.1 Å². The molecule has 0 aliphatic carbocycles. The maximum Gasteiger partial charge on any atom is 0.251 e. The molecule has 0 bridgehead atoms. The predicted octanol–water partition coefficient (Wildman–Crippen LogP) is 2.65. The van der Waals surface area contributed by atoms with Gasteiger partial charge in [0, 0.05) is 23.4 Å². The van der Waals surface area contributed by atoms with Crippen LogP contribution in [0.4, 0.5) is 5.82 Å². The van der Waals surface area contributed by atoms with Gasteiger partial charge in [-0.05, 0) is 31.2 Å². The summed E-state index contributed by atoms with van der Waals surface area (Å²) in [7, 11) is 0. The highest BCUT2D eigenvalue weighted by molar-refractivity contribution is 5.81. The number of aromatic nitrogens is 2. The van der Waals surface area contributed by atoms with Gasteiger partial charge >= 0.3 is 0 Å². The van der Waals surface area contributed by atoms with Crippen molar-refractivity contribution in [2.75, 3.05) is 5.73 Å². The molecule has 3 aromatic rings. The minimum absolute atomic E-state index is 0.128. The van der Waals surface area contributed by atoms with Crippen LogP contribution < -0.4 is 11.3 Å². The zero-order chi connectivity index (χ0) is 17.8. The fourth-order valence-corrected chi connectivity index (χ4v) is 2.42. The third kappa shape index (κ3) is 3.15. The van der Waals surface area contributed by atoms with Crippen molar-refractivity contribution in [1.29, 1.82) is 5.26 Å². The molecule has 3 aromatic heterocycles. The zero-order valence-corrected chi connectivity index (χ0v) is 13.5. The van der Waals surface area contributed by atoms with Crippen LogP contribution in [-0.4, -0.2) is 9.55 Å². The summed E-state index contributed by atoms with van der Waals surface area (Å²) in [5.41, 5.74) is 7.83. The van der Waals surface area contributed by atoms with Crippen molar-refractivity contribution in [2.24, 2.45) is 0 Å². The van der Waals surface area contributed by atoms with Gasteiger partial charge in [0.25, 0.3) is 5.56 Å². The molecule has 6 nitrogen and oxygen atoms in total. The van der Waals surface area contributed by atoms with Gasteiger partial charge in [-0.3, -0.25) is 4.79 Å². The number of hydrogen-bond donors (Lipinski definition) is 1. The third-order valence-corrected chi connectivity index (χ3v) is 3.65. The van der Waals surface area contributed by atoms with Gasteiger partial charge in [-0.15, -0.1) is 5.92 Å². The van der Waals surface area contributed by atoms with Crippen LogP contribution in [-0.2, 0) is 6.54 Å². The zero-order valence-electron chi connectivity index (χ0n) is 13.5. The van der Waals surface area contributed by atoms with Crippen molar-refractivity contribution in [1.82, 2.24) is 9.55 Å². The minimum atomic E-state index is -0.157. The Balaban J connectivity index is 2.24. The van der Waals surface area contributed by atoms with Crippen molar-refractivity contribution in [3.05, 3.63) is 58.7 Å². The van der Waals surface area contributed by atoms with Gasteiger partial charge in [0.05, 0.1) is 18.4 Å². The van der Waals surface area contributed by atoms with E-state index < -0.39 is 0 Å². The molecule has 0 saturated heterocycles. The van der Waals surface area contributed by atoms with Gasteiger partial charge in [0.1, 0.15) is 17.6 Å². The molecule has 0 aromatic carbocycles. The van der Waals surface area contributed by atoms with Gasteiger partial charge < -0.3 is 14.7 Å². The number of hydrogen-bond acceptors (Lipinski definition) is 5. The molecule has 0 fully saturated rings. The molecular formula is C19H14N4O2. The second-order valence-electron chi connectivity index (χ2n) is 5.22. The van der Waals surface area contributed by atoms with Crippen LogP contribution in [0.3, 0.4) is 0 Å². The maximum absolute atomic E-state index is 12.0. The molecule has 25 heavy (non-hydrogen) atoms. The Bertz CT molecular complexity index is 1080. The molecule has 3 rings (SSSR count). The number of nitrogen functional groups attached to an aromatic ring is 1. The number of nitrogens with zero attached hydrogens (tertiary/aromatic N) is 3. The van der Waals surface area contributed by atoms with E-state index in [0.717, 1.165) is 0 Å². The molecular weight excluding hydrogens is 316 g/mol. The normalized spacial score (nSPS) is 9.92. The summed E-state index contributed by atoms with van der Waals surface area (Å²) >= 11 is 0. The van der Waals surface area contributed by atoms with E-state index in [1.54, 1.807) is 37.4 Å². The first-order chi connectivity index (χ1) is 12.1. The maximum atomic E-state index is 12.0. The van der Waals surface area contributed by atoms with Crippen molar-refractivity contribution < 1.29 is 4.42 Å². The van der Waals surface area contributed by atoms with E-state index in [1.807, 2.05) is 6.07 Å². The standard InChI is InChI=1S/C19H14N4O2/c1-2-3-8-23-12-13(6-7-17(23)24)15-10-14(11-20)19(21)22-18(15)16-5-4-9-25-16/h4-7,9-10,12H,8H2,1H3,(H2,21,22). The van der Waals surface area contributed by atoms with E-state index in [0.29, 0.717) is 22.6 Å². The Kier molecular flexibility index (Phi) is 4.36. The van der Waals surface area contributed by atoms with Gasteiger partial charge in [-0.1, -0.05) is 5.92 Å². The van der Waals surface area contributed by atoms with E-state index in [1.165, 1.54) is 16.9 Å². The minimum Gasteiger partial charge on any atom is -0.463 e. The number of furan rings is 1. The first kappa shape index (κ1) is 16.1. The average Bonchev–Trinajstić information content (AvgIpc) is 3.15. The van der Waals surface area contributed by atoms with Crippen molar-refractivity contribution in [3.63, 3.8) is 0 Å². The Morgan fingerprint density at radius 1 is 1.36 bits per heavy atom. The van der Waals surface area contributed by atoms with Crippen LogP contribution in [0.15, 0.2) is 52.0 Å². The molecule has 0 amide bonds. The van der Waals surface area contributed by atoms with Crippen molar-refractivity contribution >= 4 is 5.82 Å². The highest BCUT2D eigenvalue weighted by Gasteiger charge is 2.16. The molecule has 0 aliphatic rings. The molecule has 0 atom stereocenters. The number of anilines is 1. The smallest absolute Gasteiger partial charge is 0.251 e. The highest BCUT2D eigenvalue weighted by atomic mass is 16.3. The van der Waals surface area contributed by atoms with Crippen LogP contribution in [0.5, 0.6) is 0 Å². The SMILES string of the molecule is CC#CCn1cc(-c2cc(C#N)c(N)nc2-c2ccco2)ccc1=O. The highest BCUT2D eigenvalue weighted by Crippen LogP contribution is 2.32. The fraction of sp³-hybridized carbons (Fsp3) is 0.105. The molecule has 0 spiro atoms. The molecule has 0 radical (unpaired) electrons. The molecule has 3 heterocycles. The Labute approximate surface area is 144 Å². The van der Waals surface area contributed by atoms with E-state index >= 15 is 0 Å². The van der Waals surface area contributed by atoms with Crippen LogP contribution in [0.2, 0.25) is 0 Å². The first-order valence-electron chi connectivity index (χ1n) is 7.49. The van der Waals surface area contributed by atoms with Gasteiger partial charge in [-0.2, -0.15) is 5.26 Å². The van der Waals surface area contributed by atoms with Gasteiger partial charge in [0.15, 0.2) is 5.76 Å². The van der Waals surface area contributed by atoms with Gasteiger partial charge in [-0.25, -0.2) is 4.98 Å². The van der Waals surface area contributed by atoms with Crippen LogP contribution in [0, 0.1) is 23.2 Å².